The summed E-state index contributed by atoms with van der Waals surface area (Å²) in [5.74, 6) is 1.46. The van der Waals surface area contributed by atoms with Crippen LogP contribution in [0.15, 0.2) is 46.9 Å². The third-order valence-electron chi connectivity index (χ3n) is 3.10. The Hall–Kier alpha value is -1.03. The van der Waals surface area contributed by atoms with Crippen LogP contribution in [0, 0.1) is 0 Å². The van der Waals surface area contributed by atoms with Crippen LogP contribution in [0.5, 0.6) is 0 Å². The van der Waals surface area contributed by atoms with E-state index in [1.54, 1.807) is 0 Å². The lowest BCUT2D eigenvalue weighted by molar-refractivity contribution is 0.909. The van der Waals surface area contributed by atoms with Crippen LogP contribution < -0.4 is 0 Å². The molecule has 0 bridgehead atoms. The molecule has 0 radical (unpaired) electrons. The molecule has 2 aromatic carbocycles. The number of alkyl halides is 1. The van der Waals surface area contributed by atoms with E-state index in [0.717, 1.165) is 27.0 Å². The first-order valence-electron chi connectivity index (χ1n) is 6.18. The van der Waals surface area contributed by atoms with Gasteiger partial charge in [0.05, 0.1) is 16.7 Å². The standard InChI is InChI=1S/C15H11BrCl2N2/c16-11-6-5-10(18)9-14(11)20-13-4-2-1-3-12(13)19-15(20)7-8-17/h1-6,9H,7-8H2. The number of fused-ring (bicyclic) bond motifs is 1. The Bertz CT molecular complexity index is 768. The van der Waals surface area contributed by atoms with E-state index in [2.05, 4.69) is 25.5 Å². The highest BCUT2D eigenvalue weighted by atomic mass is 79.9. The Morgan fingerprint density at radius 3 is 2.75 bits per heavy atom. The molecule has 0 amide bonds. The van der Waals surface area contributed by atoms with E-state index in [1.807, 2.05) is 42.5 Å². The van der Waals surface area contributed by atoms with Gasteiger partial charge in [-0.25, -0.2) is 4.98 Å². The fraction of sp³-hybridized carbons (Fsp3) is 0.133. The van der Waals surface area contributed by atoms with Gasteiger partial charge in [-0.1, -0.05) is 23.7 Å². The summed E-state index contributed by atoms with van der Waals surface area (Å²) in [4.78, 5) is 4.66. The smallest absolute Gasteiger partial charge is 0.115 e. The van der Waals surface area contributed by atoms with Crippen LogP contribution in [-0.2, 0) is 6.42 Å². The molecule has 102 valence electrons. The third kappa shape index (κ3) is 2.46. The predicted octanol–water partition coefficient (Wildman–Crippen LogP) is 5.22. The average molecular weight is 370 g/mol. The van der Waals surface area contributed by atoms with Crippen molar-refractivity contribution in [2.24, 2.45) is 0 Å². The van der Waals surface area contributed by atoms with Crippen molar-refractivity contribution in [3.05, 3.63) is 57.8 Å². The molecule has 0 saturated heterocycles. The largest absolute Gasteiger partial charge is 0.295 e. The van der Waals surface area contributed by atoms with E-state index in [1.165, 1.54) is 0 Å². The molecule has 0 aliphatic rings. The second-order valence-electron chi connectivity index (χ2n) is 4.39. The van der Waals surface area contributed by atoms with Gasteiger partial charge in [-0.05, 0) is 46.3 Å². The summed E-state index contributed by atoms with van der Waals surface area (Å²) in [5.41, 5.74) is 2.99. The summed E-state index contributed by atoms with van der Waals surface area (Å²) in [5, 5.41) is 0.692. The van der Waals surface area contributed by atoms with Crippen LogP contribution in [0.25, 0.3) is 16.7 Å². The van der Waals surface area contributed by atoms with Gasteiger partial charge in [0.2, 0.25) is 0 Å². The summed E-state index contributed by atoms with van der Waals surface area (Å²) in [7, 11) is 0. The zero-order chi connectivity index (χ0) is 14.1. The molecule has 0 aliphatic carbocycles. The van der Waals surface area contributed by atoms with Crippen LogP contribution >= 0.6 is 39.1 Å². The van der Waals surface area contributed by atoms with Gasteiger partial charge in [0.1, 0.15) is 5.82 Å². The Kier molecular flexibility index (Phi) is 4.01. The van der Waals surface area contributed by atoms with E-state index in [4.69, 9.17) is 23.2 Å². The van der Waals surface area contributed by atoms with E-state index in [9.17, 15) is 0 Å². The van der Waals surface area contributed by atoms with Crippen molar-refractivity contribution < 1.29 is 0 Å². The minimum atomic E-state index is 0.529. The lowest BCUT2D eigenvalue weighted by Crippen LogP contribution is -2.03. The highest BCUT2D eigenvalue weighted by Crippen LogP contribution is 2.29. The number of benzene rings is 2. The van der Waals surface area contributed by atoms with Crippen molar-refractivity contribution in [2.45, 2.75) is 6.42 Å². The number of aryl methyl sites for hydroxylation is 1. The molecule has 0 fully saturated rings. The summed E-state index contributed by atoms with van der Waals surface area (Å²) in [6.45, 7) is 0. The quantitative estimate of drug-likeness (QED) is 0.578. The van der Waals surface area contributed by atoms with E-state index >= 15 is 0 Å². The van der Waals surface area contributed by atoms with Gasteiger partial charge in [0, 0.05) is 21.8 Å². The normalized spacial score (nSPS) is 11.2. The first kappa shape index (κ1) is 13.9. The van der Waals surface area contributed by atoms with Crippen molar-refractivity contribution >= 4 is 50.2 Å². The fourth-order valence-electron chi connectivity index (χ4n) is 2.25. The minimum absolute atomic E-state index is 0.529. The molecule has 3 aromatic rings. The Morgan fingerprint density at radius 2 is 1.95 bits per heavy atom. The highest BCUT2D eigenvalue weighted by molar-refractivity contribution is 9.10. The zero-order valence-corrected chi connectivity index (χ0v) is 13.6. The SMILES string of the molecule is ClCCc1nc2ccccc2n1-c1cc(Cl)ccc1Br. The predicted molar refractivity (Wildman–Crippen MR) is 88.2 cm³/mol. The van der Waals surface area contributed by atoms with Crippen LogP contribution in [0.4, 0.5) is 0 Å². The number of hydrogen-bond donors (Lipinski definition) is 0. The van der Waals surface area contributed by atoms with E-state index < -0.39 is 0 Å². The fourth-order valence-corrected chi connectivity index (χ4v) is 3.01. The van der Waals surface area contributed by atoms with Gasteiger partial charge in [-0.3, -0.25) is 4.57 Å². The van der Waals surface area contributed by atoms with Crippen molar-refractivity contribution in [3.63, 3.8) is 0 Å². The monoisotopic (exact) mass is 368 g/mol. The molecule has 0 saturated carbocycles. The third-order valence-corrected chi connectivity index (χ3v) is 4.19. The first-order chi connectivity index (χ1) is 9.70. The molecule has 3 rings (SSSR count). The molecular formula is C15H11BrCl2N2. The highest BCUT2D eigenvalue weighted by Gasteiger charge is 2.14. The molecule has 1 heterocycles. The molecule has 20 heavy (non-hydrogen) atoms. The second kappa shape index (κ2) is 5.76. The van der Waals surface area contributed by atoms with Gasteiger partial charge in [-0.2, -0.15) is 0 Å². The number of nitrogens with zero attached hydrogens (tertiary/aromatic N) is 2. The molecule has 1 aromatic heterocycles. The molecule has 0 aliphatic heterocycles. The van der Waals surface area contributed by atoms with Crippen LogP contribution in [-0.4, -0.2) is 15.4 Å². The minimum Gasteiger partial charge on any atom is -0.295 e. The van der Waals surface area contributed by atoms with Crippen molar-refractivity contribution in [1.82, 2.24) is 9.55 Å². The molecule has 2 nitrogen and oxygen atoms in total. The van der Waals surface area contributed by atoms with Crippen molar-refractivity contribution in [3.8, 4) is 5.69 Å². The number of rotatable bonds is 3. The van der Waals surface area contributed by atoms with Gasteiger partial charge in [0.15, 0.2) is 0 Å². The number of imidazole rings is 1. The zero-order valence-electron chi connectivity index (χ0n) is 10.5. The first-order valence-corrected chi connectivity index (χ1v) is 7.89. The van der Waals surface area contributed by atoms with E-state index in [-0.39, 0.29) is 0 Å². The van der Waals surface area contributed by atoms with Crippen molar-refractivity contribution in [1.29, 1.82) is 0 Å². The molecule has 0 N–H and O–H groups in total. The number of para-hydroxylation sites is 2. The Labute approximate surface area is 135 Å². The Balaban J connectivity index is 2.33. The average Bonchev–Trinajstić information content (AvgIpc) is 2.80. The maximum absolute atomic E-state index is 6.13. The summed E-state index contributed by atoms with van der Waals surface area (Å²) < 4.78 is 3.08. The number of halogens is 3. The maximum atomic E-state index is 6.13. The molecule has 0 atom stereocenters. The summed E-state index contributed by atoms with van der Waals surface area (Å²) in [6, 6.07) is 13.8. The van der Waals surface area contributed by atoms with Gasteiger partial charge < -0.3 is 0 Å². The van der Waals surface area contributed by atoms with Crippen LogP contribution in [0.3, 0.4) is 0 Å². The summed E-state index contributed by atoms with van der Waals surface area (Å²) in [6.07, 6.45) is 0.704. The number of hydrogen-bond acceptors (Lipinski definition) is 1. The lowest BCUT2D eigenvalue weighted by atomic mass is 10.2. The molecular weight excluding hydrogens is 359 g/mol. The van der Waals surface area contributed by atoms with Crippen LogP contribution in [0.2, 0.25) is 5.02 Å². The summed E-state index contributed by atoms with van der Waals surface area (Å²) >= 11 is 15.6. The van der Waals surface area contributed by atoms with Crippen molar-refractivity contribution in [2.75, 3.05) is 5.88 Å². The topological polar surface area (TPSA) is 17.8 Å². The second-order valence-corrected chi connectivity index (χ2v) is 6.06. The number of aromatic nitrogens is 2. The van der Waals surface area contributed by atoms with Gasteiger partial charge >= 0.3 is 0 Å². The lowest BCUT2D eigenvalue weighted by Gasteiger charge is -2.11. The maximum Gasteiger partial charge on any atom is 0.115 e. The van der Waals surface area contributed by atoms with Crippen LogP contribution in [0.1, 0.15) is 5.82 Å². The van der Waals surface area contributed by atoms with E-state index in [0.29, 0.717) is 17.3 Å². The molecule has 0 spiro atoms. The Morgan fingerprint density at radius 1 is 1.15 bits per heavy atom. The van der Waals surface area contributed by atoms with Gasteiger partial charge in [-0.15, -0.1) is 11.6 Å². The molecule has 0 unspecified atom stereocenters. The van der Waals surface area contributed by atoms with Gasteiger partial charge in [0.25, 0.3) is 0 Å². The molecule has 5 heteroatoms.